The van der Waals surface area contributed by atoms with Gasteiger partial charge in [0, 0.05) is 12.1 Å². The highest BCUT2D eigenvalue weighted by molar-refractivity contribution is 5.31. The lowest BCUT2D eigenvalue weighted by atomic mass is 9.99. The summed E-state index contributed by atoms with van der Waals surface area (Å²) < 4.78 is 0. The van der Waals surface area contributed by atoms with Crippen molar-refractivity contribution in [3.63, 3.8) is 0 Å². The minimum Gasteiger partial charge on any atom is -0.307 e. The predicted molar refractivity (Wildman–Crippen MR) is 87.2 cm³/mol. The molecule has 0 amide bonds. The summed E-state index contributed by atoms with van der Waals surface area (Å²) in [4.78, 5) is 2.60. The average Bonchev–Trinajstić information content (AvgIpc) is 2.44. The van der Waals surface area contributed by atoms with Gasteiger partial charge in [0.15, 0.2) is 0 Å². The van der Waals surface area contributed by atoms with E-state index < -0.39 is 0 Å². The zero-order chi connectivity index (χ0) is 14.5. The number of benzene rings is 1. The maximum Gasteiger partial charge on any atom is 0.0294 e. The highest BCUT2D eigenvalue weighted by atomic mass is 15.1. The molecule has 2 nitrogen and oxygen atoms in total. The van der Waals surface area contributed by atoms with Crippen molar-refractivity contribution in [3.8, 4) is 0 Å². The molecule has 1 aromatic rings. The van der Waals surface area contributed by atoms with E-state index in [1.54, 1.807) is 0 Å². The molecule has 1 saturated heterocycles. The van der Waals surface area contributed by atoms with Gasteiger partial charge in [0.25, 0.3) is 0 Å². The van der Waals surface area contributed by atoms with Gasteiger partial charge in [-0.1, -0.05) is 25.1 Å². The van der Waals surface area contributed by atoms with Gasteiger partial charge in [0.1, 0.15) is 0 Å². The second-order valence-electron chi connectivity index (χ2n) is 6.35. The number of nitrogens with one attached hydrogen (secondary N) is 1. The quantitative estimate of drug-likeness (QED) is 0.878. The van der Waals surface area contributed by atoms with Crippen molar-refractivity contribution < 1.29 is 0 Å². The normalized spacial score (nSPS) is 19.2. The molecule has 1 unspecified atom stereocenters. The van der Waals surface area contributed by atoms with Gasteiger partial charge < -0.3 is 10.2 Å². The van der Waals surface area contributed by atoms with Crippen molar-refractivity contribution in [3.05, 3.63) is 34.9 Å². The van der Waals surface area contributed by atoms with E-state index in [2.05, 4.69) is 56.1 Å². The van der Waals surface area contributed by atoms with Crippen LogP contribution in [0, 0.1) is 13.8 Å². The smallest absolute Gasteiger partial charge is 0.0294 e. The summed E-state index contributed by atoms with van der Waals surface area (Å²) in [6, 6.07) is 7.98. The standard InChI is InChI=1S/C18H30N2/c1-5-10-20-11-8-18(9-12-20)19-16(4)17-7-6-14(2)15(3)13-17/h6-7,13,16,18-19H,5,8-12H2,1-4H3. The second-order valence-corrected chi connectivity index (χ2v) is 6.35. The third-order valence-electron chi connectivity index (χ3n) is 4.64. The summed E-state index contributed by atoms with van der Waals surface area (Å²) in [5.74, 6) is 0. The zero-order valence-corrected chi connectivity index (χ0v) is 13.6. The van der Waals surface area contributed by atoms with E-state index in [9.17, 15) is 0 Å². The van der Waals surface area contributed by atoms with Crippen molar-refractivity contribution in [1.29, 1.82) is 0 Å². The lowest BCUT2D eigenvalue weighted by Gasteiger charge is -2.34. The van der Waals surface area contributed by atoms with Crippen molar-refractivity contribution in [1.82, 2.24) is 10.2 Å². The van der Waals surface area contributed by atoms with E-state index in [1.165, 1.54) is 55.6 Å². The van der Waals surface area contributed by atoms with E-state index in [0.717, 1.165) is 0 Å². The fourth-order valence-electron chi connectivity index (χ4n) is 3.12. The maximum absolute atomic E-state index is 3.82. The van der Waals surface area contributed by atoms with Gasteiger partial charge in [-0.25, -0.2) is 0 Å². The molecule has 1 aliphatic heterocycles. The number of likely N-dealkylation sites (tertiary alicyclic amines) is 1. The Kier molecular flexibility index (Phi) is 5.62. The van der Waals surface area contributed by atoms with E-state index in [1.807, 2.05) is 0 Å². The summed E-state index contributed by atoms with van der Waals surface area (Å²) in [5, 5.41) is 3.82. The Bertz CT molecular complexity index is 419. The molecule has 1 atom stereocenters. The van der Waals surface area contributed by atoms with Gasteiger partial charge in [-0.15, -0.1) is 0 Å². The molecule has 2 heteroatoms. The SMILES string of the molecule is CCCN1CCC(NC(C)c2ccc(C)c(C)c2)CC1. The monoisotopic (exact) mass is 274 g/mol. The van der Waals surface area contributed by atoms with E-state index in [-0.39, 0.29) is 0 Å². The molecule has 0 spiro atoms. The first-order chi connectivity index (χ1) is 9.60. The molecule has 0 saturated carbocycles. The molecule has 112 valence electrons. The van der Waals surface area contributed by atoms with Crippen molar-refractivity contribution >= 4 is 0 Å². The first kappa shape index (κ1) is 15.5. The molecular formula is C18H30N2. The maximum atomic E-state index is 3.82. The molecule has 0 aromatic heterocycles. The van der Waals surface area contributed by atoms with Crippen LogP contribution >= 0.6 is 0 Å². The van der Waals surface area contributed by atoms with Gasteiger partial charge in [0.05, 0.1) is 0 Å². The average molecular weight is 274 g/mol. The van der Waals surface area contributed by atoms with Gasteiger partial charge in [-0.3, -0.25) is 0 Å². The molecule has 1 N–H and O–H groups in total. The van der Waals surface area contributed by atoms with Crippen LogP contribution in [0.4, 0.5) is 0 Å². The Morgan fingerprint density at radius 1 is 1.20 bits per heavy atom. The van der Waals surface area contributed by atoms with Gasteiger partial charge >= 0.3 is 0 Å². The minimum atomic E-state index is 0.456. The third-order valence-corrected chi connectivity index (χ3v) is 4.64. The highest BCUT2D eigenvalue weighted by Crippen LogP contribution is 2.20. The molecule has 1 aliphatic rings. The number of nitrogens with zero attached hydrogens (tertiary/aromatic N) is 1. The topological polar surface area (TPSA) is 15.3 Å². The fourth-order valence-corrected chi connectivity index (χ4v) is 3.12. The predicted octanol–water partition coefficient (Wildman–Crippen LogP) is 3.83. The van der Waals surface area contributed by atoms with Crippen LogP contribution in [0.15, 0.2) is 18.2 Å². The molecular weight excluding hydrogens is 244 g/mol. The van der Waals surface area contributed by atoms with Gasteiger partial charge in [0.2, 0.25) is 0 Å². The van der Waals surface area contributed by atoms with Crippen molar-refractivity contribution in [2.45, 2.75) is 59.0 Å². The lowest BCUT2D eigenvalue weighted by Crippen LogP contribution is -2.43. The molecule has 1 aromatic carbocycles. The van der Waals surface area contributed by atoms with Crippen LogP contribution in [0.1, 0.15) is 55.8 Å². The molecule has 2 rings (SSSR count). The van der Waals surface area contributed by atoms with Crippen LogP contribution in [0.25, 0.3) is 0 Å². The van der Waals surface area contributed by atoms with Crippen LogP contribution in [0.3, 0.4) is 0 Å². The molecule has 0 bridgehead atoms. The summed E-state index contributed by atoms with van der Waals surface area (Å²) in [6.45, 7) is 12.7. The number of rotatable bonds is 5. The van der Waals surface area contributed by atoms with Gasteiger partial charge in [-0.2, -0.15) is 0 Å². The van der Waals surface area contributed by atoms with Crippen molar-refractivity contribution in [2.75, 3.05) is 19.6 Å². The first-order valence-electron chi connectivity index (χ1n) is 8.15. The van der Waals surface area contributed by atoms with E-state index >= 15 is 0 Å². The summed E-state index contributed by atoms with van der Waals surface area (Å²) in [6.07, 6.45) is 3.85. The molecule has 1 fully saturated rings. The number of piperidine rings is 1. The van der Waals surface area contributed by atoms with Crippen LogP contribution < -0.4 is 5.32 Å². The second kappa shape index (κ2) is 7.24. The molecule has 0 radical (unpaired) electrons. The first-order valence-corrected chi connectivity index (χ1v) is 8.15. The Hall–Kier alpha value is -0.860. The largest absolute Gasteiger partial charge is 0.307 e. The van der Waals surface area contributed by atoms with Crippen LogP contribution in [0.5, 0.6) is 0 Å². The number of hydrogen-bond acceptors (Lipinski definition) is 2. The molecule has 1 heterocycles. The lowest BCUT2D eigenvalue weighted by molar-refractivity contribution is 0.192. The van der Waals surface area contributed by atoms with Crippen LogP contribution in [-0.2, 0) is 0 Å². The van der Waals surface area contributed by atoms with Crippen molar-refractivity contribution in [2.24, 2.45) is 0 Å². The van der Waals surface area contributed by atoms with Crippen LogP contribution in [-0.4, -0.2) is 30.6 Å². The van der Waals surface area contributed by atoms with E-state index in [0.29, 0.717) is 12.1 Å². The highest BCUT2D eigenvalue weighted by Gasteiger charge is 2.20. The minimum absolute atomic E-state index is 0.456. The van der Waals surface area contributed by atoms with Crippen LogP contribution in [0.2, 0.25) is 0 Å². The molecule has 0 aliphatic carbocycles. The van der Waals surface area contributed by atoms with E-state index in [4.69, 9.17) is 0 Å². The molecule has 20 heavy (non-hydrogen) atoms. The Balaban J connectivity index is 1.85. The fraction of sp³-hybridized carbons (Fsp3) is 0.667. The summed E-state index contributed by atoms with van der Waals surface area (Å²) in [7, 11) is 0. The summed E-state index contributed by atoms with van der Waals surface area (Å²) in [5.41, 5.74) is 4.20. The Morgan fingerprint density at radius 3 is 2.50 bits per heavy atom. The Morgan fingerprint density at radius 2 is 1.90 bits per heavy atom. The Labute approximate surface area is 124 Å². The number of aryl methyl sites for hydroxylation is 2. The third kappa shape index (κ3) is 4.07. The number of hydrogen-bond donors (Lipinski definition) is 1. The summed E-state index contributed by atoms with van der Waals surface area (Å²) >= 11 is 0. The zero-order valence-electron chi connectivity index (χ0n) is 13.6. The van der Waals surface area contributed by atoms with Gasteiger partial charge in [-0.05, 0) is 76.4 Å².